The molecule has 0 aromatic heterocycles. The maximum atomic E-state index is 12.5. The second kappa shape index (κ2) is 7.24. The Hall–Kier alpha value is -2.39. The first-order valence-corrected chi connectivity index (χ1v) is 9.16. The number of benzene rings is 2. The van der Waals surface area contributed by atoms with E-state index in [0.29, 0.717) is 6.42 Å². The maximum absolute atomic E-state index is 12.5. The number of para-hydroxylation sites is 1. The van der Waals surface area contributed by atoms with Crippen LogP contribution < -0.4 is 4.90 Å². The van der Waals surface area contributed by atoms with E-state index in [4.69, 9.17) is 0 Å². The van der Waals surface area contributed by atoms with Crippen LogP contribution in [0.2, 0.25) is 0 Å². The van der Waals surface area contributed by atoms with Crippen LogP contribution in [0.5, 0.6) is 0 Å². The van der Waals surface area contributed by atoms with E-state index in [1.54, 1.807) is 0 Å². The van der Waals surface area contributed by atoms with Gasteiger partial charge in [-0.05, 0) is 36.1 Å². The highest BCUT2D eigenvalue weighted by Crippen LogP contribution is 2.33. The minimum atomic E-state index is 0.239. The predicted molar refractivity (Wildman–Crippen MR) is 101 cm³/mol. The topological polar surface area (TPSA) is 23.6 Å². The molecule has 0 atom stereocenters. The number of amides is 1. The molecule has 0 bridgehead atoms. The van der Waals surface area contributed by atoms with Crippen LogP contribution >= 0.6 is 0 Å². The van der Waals surface area contributed by atoms with Crippen molar-refractivity contribution in [1.29, 1.82) is 0 Å². The summed E-state index contributed by atoms with van der Waals surface area (Å²) in [6, 6.07) is 20.8. The summed E-state index contributed by atoms with van der Waals surface area (Å²) >= 11 is 0. The van der Waals surface area contributed by atoms with Gasteiger partial charge in [-0.2, -0.15) is 0 Å². The second-order valence-corrected chi connectivity index (χ2v) is 6.88. The van der Waals surface area contributed by atoms with Gasteiger partial charge in [0.15, 0.2) is 0 Å². The smallest absolute Gasteiger partial charge is 0.231 e. The van der Waals surface area contributed by atoms with Gasteiger partial charge in [0.1, 0.15) is 0 Å². The van der Waals surface area contributed by atoms with Gasteiger partial charge >= 0.3 is 0 Å². The first-order chi connectivity index (χ1) is 12.3. The molecule has 3 heteroatoms. The molecule has 0 saturated carbocycles. The van der Waals surface area contributed by atoms with Crippen molar-refractivity contribution >= 4 is 11.6 Å². The van der Waals surface area contributed by atoms with Gasteiger partial charge in [-0.25, -0.2) is 0 Å². The Morgan fingerprint density at radius 1 is 0.840 bits per heavy atom. The molecule has 0 N–H and O–H groups in total. The van der Waals surface area contributed by atoms with Crippen molar-refractivity contribution in [3.63, 3.8) is 0 Å². The van der Waals surface area contributed by atoms with E-state index >= 15 is 0 Å². The SMILES string of the molecule is O=C1CCC2=C(CCN(CCc3ccccc3)C2)N1c1ccccc1. The standard InChI is InChI=1S/C22H24N2O/c25-22-12-11-19-17-23(15-13-18-7-3-1-4-8-18)16-14-21(19)24(22)20-9-5-2-6-10-20/h1-10H,11-17H2. The summed E-state index contributed by atoms with van der Waals surface area (Å²) in [5, 5.41) is 0. The van der Waals surface area contributed by atoms with E-state index in [1.165, 1.54) is 16.8 Å². The summed E-state index contributed by atoms with van der Waals surface area (Å²) in [5.74, 6) is 0.239. The fraction of sp³-hybridized carbons (Fsp3) is 0.318. The van der Waals surface area contributed by atoms with Crippen molar-refractivity contribution in [1.82, 2.24) is 4.90 Å². The summed E-state index contributed by atoms with van der Waals surface area (Å²) in [5.41, 5.74) is 5.10. The van der Waals surface area contributed by atoms with Gasteiger partial charge in [0.25, 0.3) is 0 Å². The van der Waals surface area contributed by atoms with Crippen LogP contribution in [-0.4, -0.2) is 30.4 Å². The van der Waals surface area contributed by atoms with E-state index in [0.717, 1.165) is 44.6 Å². The van der Waals surface area contributed by atoms with Crippen molar-refractivity contribution in [3.05, 3.63) is 77.5 Å². The van der Waals surface area contributed by atoms with E-state index in [2.05, 4.69) is 35.2 Å². The molecule has 0 radical (unpaired) electrons. The highest BCUT2D eigenvalue weighted by Gasteiger charge is 2.31. The van der Waals surface area contributed by atoms with Crippen molar-refractivity contribution in [2.75, 3.05) is 24.5 Å². The molecule has 0 unspecified atom stereocenters. The van der Waals surface area contributed by atoms with E-state index in [9.17, 15) is 4.79 Å². The zero-order valence-electron chi connectivity index (χ0n) is 14.5. The third-order valence-electron chi connectivity index (χ3n) is 5.22. The van der Waals surface area contributed by atoms with Crippen LogP contribution in [-0.2, 0) is 11.2 Å². The van der Waals surface area contributed by atoms with Crippen molar-refractivity contribution in [2.24, 2.45) is 0 Å². The monoisotopic (exact) mass is 332 g/mol. The first kappa shape index (κ1) is 16.1. The van der Waals surface area contributed by atoms with Crippen LogP contribution in [0.1, 0.15) is 24.8 Å². The maximum Gasteiger partial charge on any atom is 0.231 e. The van der Waals surface area contributed by atoms with Crippen LogP contribution in [0, 0.1) is 0 Å². The molecule has 0 saturated heterocycles. The molecule has 1 amide bonds. The Labute approximate surface area is 149 Å². The third-order valence-corrected chi connectivity index (χ3v) is 5.22. The molecule has 25 heavy (non-hydrogen) atoms. The summed E-state index contributed by atoms with van der Waals surface area (Å²) < 4.78 is 0. The molecule has 0 fully saturated rings. The highest BCUT2D eigenvalue weighted by atomic mass is 16.2. The Morgan fingerprint density at radius 2 is 1.56 bits per heavy atom. The van der Waals surface area contributed by atoms with Crippen LogP contribution in [0.25, 0.3) is 0 Å². The highest BCUT2D eigenvalue weighted by molar-refractivity contribution is 5.98. The lowest BCUT2D eigenvalue weighted by molar-refractivity contribution is -0.118. The number of nitrogens with zero attached hydrogens (tertiary/aromatic N) is 2. The molecule has 0 spiro atoms. The molecule has 2 aromatic rings. The minimum Gasteiger partial charge on any atom is -0.299 e. The molecule has 2 aliphatic heterocycles. The van der Waals surface area contributed by atoms with Gasteiger partial charge in [-0.1, -0.05) is 48.5 Å². The summed E-state index contributed by atoms with van der Waals surface area (Å²) in [6.45, 7) is 3.11. The predicted octanol–water partition coefficient (Wildman–Crippen LogP) is 4.02. The Kier molecular flexibility index (Phi) is 4.66. The molecule has 2 heterocycles. The average Bonchev–Trinajstić information content (AvgIpc) is 2.68. The first-order valence-electron chi connectivity index (χ1n) is 9.16. The lowest BCUT2D eigenvalue weighted by atomic mass is 9.95. The average molecular weight is 332 g/mol. The van der Waals surface area contributed by atoms with Gasteiger partial charge in [0.2, 0.25) is 5.91 Å². The molecule has 2 aromatic carbocycles. The van der Waals surface area contributed by atoms with Crippen molar-refractivity contribution < 1.29 is 4.79 Å². The Balaban J connectivity index is 1.48. The molecule has 2 aliphatic rings. The molecular formula is C22H24N2O. The zero-order valence-corrected chi connectivity index (χ0v) is 14.5. The Morgan fingerprint density at radius 3 is 2.32 bits per heavy atom. The lowest BCUT2D eigenvalue weighted by Gasteiger charge is -2.39. The van der Waals surface area contributed by atoms with E-state index in [1.807, 2.05) is 35.2 Å². The normalized spacial score (nSPS) is 18.4. The minimum absolute atomic E-state index is 0.239. The number of carbonyl (C=O) groups excluding carboxylic acids is 1. The molecule has 0 aliphatic carbocycles. The Bertz CT molecular complexity index is 767. The van der Waals surface area contributed by atoms with Crippen molar-refractivity contribution in [3.8, 4) is 0 Å². The second-order valence-electron chi connectivity index (χ2n) is 6.88. The fourth-order valence-corrected chi connectivity index (χ4v) is 3.89. The summed E-state index contributed by atoms with van der Waals surface area (Å²) in [7, 11) is 0. The number of anilines is 1. The number of rotatable bonds is 4. The molecule has 128 valence electrons. The van der Waals surface area contributed by atoms with E-state index in [-0.39, 0.29) is 5.91 Å². The molecule has 3 nitrogen and oxygen atoms in total. The number of hydrogen-bond acceptors (Lipinski definition) is 2. The largest absolute Gasteiger partial charge is 0.299 e. The lowest BCUT2D eigenvalue weighted by Crippen LogP contribution is -2.42. The number of carbonyl (C=O) groups is 1. The van der Waals surface area contributed by atoms with Gasteiger partial charge in [0.05, 0.1) is 0 Å². The van der Waals surface area contributed by atoms with Crippen LogP contribution in [0.3, 0.4) is 0 Å². The van der Waals surface area contributed by atoms with Gasteiger partial charge in [0, 0.05) is 43.9 Å². The third kappa shape index (κ3) is 3.52. The van der Waals surface area contributed by atoms with Gasteiger partial charge < -0.3 is 0 Å². The van der Waals surface area contributed by atoms with Gasteiger partial charge in [-0.15, -0.1) is 0 Å². The zero-order chi connectivity index (χ0) is 17.1. The summed E-state index contributed by atoms with van der Waals surface area (Å²) in [6.07, 6.45) is 3.59. The van der Waals surface area contributed by atoms with Crippen LogP contribution in [0.4, 0.5) is 5.69 Å². The fourth-order valence-electron chi connectivity index (χ4n) is 3.89. The quantitative estimate of drug-likeness (QED) is 0.844. The number of hydrogen-bond donors (Lipinski definition) is 0. The van der Waals surface area contributed by atoms with Crippen molar-refractivity contribution in [2.45, 2.75) is 25.7 Å². The molecule has 4 rings (SSSR count). The van der Waals surface area contributed by atoms with Crippen LogP contribution in [0.15, 0.2) is 71.9 Å². The van der Waals surface area contributed by atoms with E-state index < -0.39 is 0 Å². The molecular weight excluding hydrogens is 308 g/mol. The van der Waals surface area contributed by atoms with Gasteiger partial charge in [-0.3, -0.25) is 14.6 Å². The summed E-state index contributed by atoms with van der Waals surface area (Å²) in [4.78, 5) is 17.0.